The van der Waals surface area contributed by atoms with Crippen molar-refractivity contribution >= 4 is 5.96 Å². The lowest BCUT2D eigenvalue weighted by atomic mass is 10.00. The zero-order valence-electron chi connectivity index (χ0n) is 13.1. The van der Waals surface area contributed by atoms with Crippen molar-refractivity contribution in [2.45, 2.75) is 26.0 Å². The second kappa shape index (κ2) is 7.08. The van der Waals surface area contributed by atoms with Crippen LogP contribution in [0.5, 0.6) is 0 Å². The summed E-state index contributed by atoms with van der Waals surface area (Å²) in [6.45, 7) is 5.15. The fourth-order valence-corrected chi connectivity index (χ4v) is 1.88. The number of nitrogens with one attached hydrogen (secondary N) is 2. The van der Waals surface area contributed by atoms with Gasteiger partial charge in [-0.05, 0) is 13.8 Å². The smallest absolute Gasteiger partial charge is 0.191 e. The first-order valence-corrected chi connectivity index (χ1v) is 7.14. The van der Waals surface area contributed by atoms with Crippen LogP contribution in [0.1, 0.15) is 25.1 Å². The first-order chi connectivity index (χ1) is 10.5. The average molecular weight is 306 g/mol. The summed E-state index contributed by atoms with van der Waals surface area (Å²) in [7, 11) is 1.82. The second-order valence-electron chi connectivity index (χ2n) is 5.22. The van der Waals surface area contributed by atoms with Gasteiger partial charge in [-0.15, -0.1) is 0 Å². The predicted molar refractivity (Wildman–Crippen MR) is 82.1 cm³/mol. The van der Waals surface area contributed by atoms with Crippen molar-refractivity contribution in [3.05, 3.63) is 36.0 Å². The summed E-state index contributed by atoms with van der Waals surface area (Å²) in [6, 6.07) is 1.76. The Bertz CT molecular complexity index is 603. The van der Waals surface area contributed by atoms with Gasteiger partial charge in [-0.3, -0.25) is 4.68 Å². The summed E-state index contributed by atoms with van der Waals surface area (Å²) in [5.41, 5.74) is 0.448. The van der Waals surface area contributed by atoms with Gasteiger partial charge >= 0.3 is 0 Å². The molecule has 0 spiro atoms. The van der Waals surface area contributed by atoms with Crippen LogP contribution in [0.25, 0.3) is 0 Å². The molecular weight excluding hydrogens is 284 g/mol. The molecule has 0 amide bonds. The summed E-state index contributed by atoms with van der Waals surface area (Å²) in [5, 5.41) is 24.7. The molecule has 2 heterocycles. The number of hydrogen-bond acceptors (Lipinski definition) is 5. The van der Waals surface area contributed by atoms with Gasteiger partial charge in [-0.1, -0.05) is 5.16 Å². The highest BCUT2D eigenvalue weighted by Gasteiger charge is 2.24. The fourth-order valence-electron chi connectivity index (χ4n) is 1.88. The van der Waals surface area contributed by atoms with Crippen molar-refractivity contribution in [2.75, 3.05) is 13.1 Å². The van der Waals surface area contributed by atoms with Crippen LogP contribution in [-0.4, -0.2) is 39.1 Å². The first-order valence-electron chi connectivity index (χ1n) is 7.14. The molecule has 0 radical (unpaired) electrons. The number of aliphatic hydroxyl groups is 1. The molecule has 8 nitrogen and oxygen atoms in total. The summed E-state index contributed by atoms with van der Waals surface area (Å²) in [4.78, 5) is 4.40. The van der Waals surface area contributed by atoms with Gasteiger partial charge in [0.15, 0.2) is 5.96 Å². The number of aromatic nitrogens is 3. The molecule has 0 fully saturated rings. The average Bonchev–Trinajstić information content (AvgIpc) is 3.13. The minimum atomic E-state index is -1.04. The molecule has 3 N–H and O–H groups in total. The molecule has 2 aromatic rings. The Labute approximate surface area is 129 Å². The van der Waals surface area contributed by atoms with Crippen LogP contribution in [0.3, 0.4) is 0 Å². The number of aliphatic imine (C=N–C) groups is 1. The molecule has 0 aliphatic carbocycles. The molecule has 0 aromatic carbocycles. The molecule has 0 aliphatic rings. The predicted octanol–water partition coefficient (Wildman–Crippen LogP) is 0.371. The lowest BCUT2D eigenvalue weighted by molar-refractivity contribution is 0.0616. The van der Waals surface area contributed by atoms with E-state index >= 15 is 0 Å². The van der Waals surface area contributed by atoms with Crippen molar-refractivity contribution in [3.8, 4) is 0 Å². The maximum atomic E-state index is 10.5. The van der Waals surface area contributed by atoms with Crippen molar-refractivity contribution < 1.29 is 9.63 Å². The van der Waals surface area contributed by atoms with E-state index in [2.05, 4.69) is 25.9 Å². The Kier molecular flexibility index (Phi) is 5.16. The van der Waals surface area contributed by atoms with Crippen molar-refractivity contribution in [3.63, 3.8) is 0 Å². The molecule has 1 atom stereocenters. The minimum Gasteiger partial charge on any atom is -0.383 e. The van der Waals surface area contributed by atoms with Crippen LogP contribution in [0, 0.1) is 0 Å². The number of nitrogens with zero attached hydrogens (tertiary/aromatic N) is 4. The highest BCUT2D eigenvalue weighted by atomic mass is 16.5. The van der Waals surface area contributed by atoms with Gasteiger partial charge in [0.05, 0.1) is 19.3 Å². The van der Waals surface area contributed by atoms with E-state index in [1.165, 1.54) is 6.26 Å². The van der Waals surface area contributed by atoms with E-state index < -0.39 is 5.60 Å². The molecule has 2 aromatic heterocycles. The largest absolute Gasteiger partial charge is 0.383 e. The SMILES string of the molecule is CCNC(=NCc1ccon1)NCC(C)(O)c1cnn(C)c1. The molecule has 0 saturated carbocycles. The standard InChI is InChI=1S/C14H22N6O2/c1-4-15-13(16-8-12-5-6-22-19-12)17-10-14(2,21)11-7-18-20(3)9-11/h5-7,9,21H,4,8,10H2,1-3H3,(H2,15,16,17). The zero-order chi connectivity index (χ0) is 16.0. The molecule has 0 aliphatic heterocycles. The van der Waals surface area contributed by atoms with Gasteiger partial charge in [-0.2, -0.15) is 5.10 Å². The Morgan fingerprint density at radius 1 is 1.50 bits per heavy atom. The van der Waals surface area contributed by atoms with Crippen molar-refractivity contribution in [2.24, 2.45) is 12.0 Å². The van der Waals surface area contributed by atoms with Crippen LogP contribution >= 0.6 is 0 Å². The first kappa shape index (κ1) is 16.0. The van der Waals surface area contributed by atoms with Gasteiger partial charge in [0.2, 0.25) is 0 Å². The van der Waals surface area contributed by atoms with E-state index in [1.54, 1.807) is 30.1 Å². The van der Waals surface area contributed by atoms with Crippen LogP contribution in [0.4, 0.5) is 0 Å². The highest BCUT2D eigenvalue weighted by molar-refractivity contribution is 5.79. The minimum absolute atomic E-state index is 0.309. The third-order valence-corrected chi connectivity index (χ3v) is 3.16. The molecule has 0 saturated heterocycles. The summed E-state index contributed by atoms with van der Waals surface area (Å²) >= 11 is 0. The maximum Gasteiger partial charge on any atom is 0.191 e. The third-order valence-electron chi connectivity index (χ3n) is 3.16. The van der Waals surface area contributed by atoms with Crippen LogP contribution in [0.2, 0.25) is 0 Å². The van der Waals surface area contributed by atoms with E-state index in [-0.39, 0.29) is 0 Å². The summed E-state index contributed by atoms with van der Waals surface area (Å²) in [5.74, 6) is 0.606. The van der Waals surface area contributed by atoms with Crippen LogP contribution < -0.4 is 10.6 Å². The number of guanidine groups is 1. The van der Waals surface area contributed by atoms with Gasteiger partial charge < -0.3 is 20.3 Å². The Morgan fingerprint density at radius 2 is 2.32 bits per heavy atom. The van der Waals surface area contributed by atoms with Gasteiger partial charge in [0, 0.05) is 31.4 Å². The van der Waals surface area contributed by atoms with Crippen molar-refractivity contribution in [1.82, 2.24) is 25.6 Å². The number of rotatable bonds is 6. The Balaban J connectivity index is 1.97. The quantitative estimate of drug-likeness (QED) is 0.527. The molecular formula is C14H22N6O2. The molecule has 0 bridgehead atoms. The van der Waals surface area contributed by atoms with E-state index in [0.717, 1.165) is 17.8 Å². The summed E-state index contributed by atoms with van der Waals surface area (Å²) < 4.78 is 6.43. The van der Waals surface area contributed by atoms with E-state index in [9.17, 15) is 5.11 Å². The summed E-state index contributed by atoms with van der Waals surface area (Å²) in [6.07, 6.45) is 4.96. The Morgan fingerprint density at radius 3 is 2.91 bits per heavy atom. The van der Waals surface area contributed by atoms with Gasteiger partial charge in [0.25, 0.3) is 0 Å². The van der Waals surface area contributed by atoms with E-state index in [4.69, 9.17) is 4.52 Å². The lowest BCUT2D eigenvalue weighted by Gasteiger charge is -2.23. The van der Waals surface area contributed by atoms with E-state index in [0.29, 0.717) is 19.0 Å². The van der Waals surface area contributed by atoms with Gasteiger partial charge in [0.1, 0.15) is 17.6 Å². The number of hydrogen-bond donors (Lipinski definition) is 3. The Hall–Kier alpha value is -2.35. The van der Waals surface area contributed by atoms with Gasteiger partial charge in [-0.25, -0.2) is 4.99 Å². The lowest BCUT2D eigenvalue weighted by Crippen LogP contribution is -2.44. The monoisotopic (exact) mass is 306 g/mol. The van der Waals surface area contributed by atoms with Crippen molar-refractivity contribution in [1.29, 1.82) is 0 Å². The van der Waals surface area contributed by atoms with Crippen LogP contribution in [0.15, 0.2) is 34.2 Å². The van der Waals surface area contributed by atoms with Crippen LogP contribution in [-0.2, 0) is 19.2 Å². The normalized spacial score (nSPS) is 14.6. The number of aryl methyl sites for hydroxylation is 1. The molecule has 1 unspecified atom stereocenters. The fraction of sp³-hybridized carbons (Fsp3) is 0.500. The third kappa shape index (κ3) is 4.32. The highest BCUT2D eigenvalue weighted by Crippen LogP contribution is 2.18. The second-order valence-corrected chi connectivity index (χ2v) is 5.22. The topological polar surface area (TPSA) is 100 Å². The zero-order valence-corrected chi connectivity index (χ0v) is 13.1. The molecule has 22 heavy (non-hydrogen) atoms. The van der Waals surface area contributed by atoms with E-state index in [1.807, 2.05) is 14.0 Å². The molecule has 120 valence electrons. The molecule has 8 heteroatoms. The molecule has 2 rings (SSSR count). The maximum absolute atomic E-state index is 10.5.